The fourth-order valence-electron chi connectivity index (χ4n) is 7.81. The molecule has 9 rings (SSSR count). The fourth-order valence-corrected chi connectivity index (χ4v) is 10.3. The molecular weight excluding hydrogens is 769 g/mol. The molecule has 0 N–H and O–H groups in total. The molecule has 0 aliphatic heterocycles. The lowest BCUT2D eigenvalue weighted by atomic mass is 10.00. The van der Waals surface area contributed by atoms with E-state index in [0.29, 0.717) is 0 Å². The summed E-state index contributed by atoms with van der Waals surface area (Å²) in [5.41, 5.74) is 2.94. The van der Waals surface area contributed by atoms with Crippen molar-refractivity contribution < 1.29 is 0 Å². The van der Waals surface area contributed by atoms with Gasteiger partial charge in [0, 0.05) is 34.4 Å². The van der Waals surface area contributed by atoms with Gasteiger partial charge in [-0.15, -0.1) is 11.3 Å². The number of rotatable bonds is 12. The molecule has 0 saturated carbocycles. The molecule has 0 radical (unpaired) electrons. The molecule has 0 spiro atoms. The highest BCUT2D eigenvalue weighted by Crippen LogP contribution is 2.39. The maximum atomic E-state index is 3.60. The molecular formula is C52H49BrS2. The van der Waals surface area contributed by atoms with Gasteiger partial charge in [0.05, 0.1) is 0 Å². The van der Waals surface area contributed by atoms with Crippen LogP contribution in [0, 0.1) is 0 Å². The van der Waals surface area contributed by atoms with Crippen LogP contribution in [-0.4, -0.2) is 0 Å². The van der Waals surface area contributed by atoms with Crippen LogP contribution in [-0.2, 0) is 12.8 Å². The van der Waals surface area contributed by atoms with Crippen molar-refractivity contribution in [2.75, 3.05) is 0 Å². The van der Waals surface area contributed by atoms with E-state index in [1.807, 2.05) is 23.1 Å². The van der Waals surface area contributed by atoms with Crippen LogP contribution in [0.1, 0.15) is 76.3 Å². The molecule has 0 aliphatic carbocycles. The lowest BCUT2D eigenvalue weighted by Crippen LogP contribution is -1.86. The van der Waals surface area contributed by atoms with Gasteiger partial charge in [-0.05, 0) is 141 Å². The van der Waals surface area contributed by atoms with Gasteiger partial charge in [0.2, 0.25) is 0 Å². The zero-order valence-electron chi connectivity index (χ0n) is 32.0. The van der Waals surface area contributed by atoms with E-state index in [1.54, 1.807) is 0 Å². The van der Waals surface area contributed by atoms with E-state index in [9.17, 15) is 0 Å². The number of unbranched alkanes of at least 4 members (excludes halogenated alkanes) is 6. The summed E-state index contributed by atoms with van der Waals surface area (Å²) < 4.78 is 3.90. The van der Waals surface area contributed by atoms with Crippen molar-refractivity contribution in [3.05, 3.63) is 155 Å². The Morgan fingerprint density at radius 3 is 1.51 bits per heavy atom. The van der Waals surface area contributed by atoms with Gasteiger partial charge in [-0.1, -0.05) is 159 Å². The van der Waals surface area contributed by atoms with Gasteiger partial charge in [0.1, 0.15) is 0 Å². The third-order valence-electron chi connectivity index (χ3n) is 10.9. The molecule has 0 unspecified atom stereocenters. The van der Waals surface area contributed by atoms with Gasteiger partial charge in [-0.25, -0.2) is 0 Å². The standard InChI is InChI=1S/C26H23BrS.C26H26S/c1-2-3-4-5-6-17-7-8-18-13-23-24-14-19-9-10-22(27)12-21(19)16-26(24)28-25(23)15-20(18)11-17;1-2-3-4-5-8-20-11-12-22-14-16-26(19-24(22)17-20)27-25-15-13-21-9-6-7-10-23(21)18-25/h7-16H,2-6H2,1H3;6-7,9-19H,2-5,8H2,1H3. The van der Waals surface area contributed by atoms with Crippen LogP contribution in [0.3, 0.4) is 0 Å². The summed E-state index contributed by atoms with van der Waals surface area (Å²) in [6, 6.07) is 52.1. The SMILES string of the molecule is CCCCCCc1ccc2cc3c(cc2c1)sc1cc2cc(Br)ccc2cc13.CCCCCCc1ccc2ccc(Sc3ccc4ccccc4c3)cc2c1. The van der Waals surface area contributed by atoms with Gasteiger partial charge in [-0.3, -0.25) is 0 Å². The van der Waals surface area contributed by atoms with Crippen molar-refractivity contribution >= 4 is 102 Å². The third kappa shape index (κ3) is 9.12. The van der Waals surface area contributed by atoms with Crippen LogP contribution in [0.4, 0.5) is 0 Å². The number of fused-ring (bicyclic) bond motifs is 7. The van der Waals surface area contributed by atoms with Crippen molar-refractivity contribution in [1.29, 1.82) is 0 Å². The summed E-state index contributed by atoms with van der Waals surface area (Å²) in [4.78, 5) is 2.60. The molecule has 8 aromatic carbocycles. The second-order valence-electron chi connectivity index (χ2n) is 15.0. The largest absolute Gasteiger partial charge is 0.135 e. The van der Waals surface area contributed by atoms with Crippen molar-refractivity contribution in [2.45, 2.75) is 87.8 Å². The molecule has 0 nitrogen and oxygen atoms in total. The smallest absolute Gasteiger partial charge is 0.0361 e. The van der Waals surface area contributed by atoms with Crippen LogP contribution < -0.4 is 0 Å². The number of hydrogen-bond donors (Lipinski definition) is 0. The molecule has 0 bridgehead atoms. The zero-order valence-corrected chi connectivity index (χ0v) is 35.3. The van der Waals surface area contributed by atoms with Crippen molar-refractivity contribution in [3.63, 3.8) is 0 Å². The van der Waals surface area contributed by atoms with E-state index < -0.39 is 0 Å². The first-order valence-corrected chi connectivity index (χ1v) is 22.6. The first-order valence-electron chi connectivity index (χ1n) is 20.2. The van der Waals surface area contributed by atoms with E-state index in [-0.39, 0.29) is 0 Å². The Bertz CT molecular complexity index is 2740. The second-order valence-corrected chi connectivity index (χ2v) is 18.2. The summed E-state index contributed by atoms with van der Waals surface area (Å²) in [6.07, 6.45) is 13.0. The zero-order chi connectivity index (χ0) is 37.6. The lowest BCUT2D eigenvalue weighted by Gasteiger charge is -2.07. The number of halogens is 1. The Hall–Kier alpha value is -4.15. The predicted molar refractivity (Wildman–Crippen MR) is 250 cm³/mol. The van der Waals surface area contributed by atoms with Gasteiger partial charge >= 0.3 is 0 Å². The van der Waals surface area contributed by atoms with Crippen molar-refractivity contribution in [3.8, 4) is 0 Å². The van der Waals surface area contributed by atoms with Crippen LogP contribution in [0.5, 0.6) is 0 Å². The molecule has 0 aliphatic rings. The average Bonchev–Trinajstić information content (AvgIpc) is 3.55. The maximum Gasteiger partial charge on any atom is 0.0361 e. The van der Waals surface area contributed by atoms with Gasteiger partial charge < -0.3 is 0 Å². The fraction of sp³-hybridized carbons (Fsp3) is 0.231. The summed E-state index contributed by atoms with van der Waals surface area (Å²) in [5.74, 6) is 0. The van der Waals surface area contributed by atoms with E-state index >= 15 is 0 Å². The normalized spacial score (nSPS) is 11.6. The Kier molecular flexibility index (Phi) is 12.2. The van der Waals surface area contributed by atoms with E-state index in [1.165, 1.54) is 148 Å². The highest BCUT2D eigenvalue weighted by Gasteiger charge is 2.10. The predicted octanol–water partition coefficient (Wildman–Crippen LogP) is 17.5. The minimum Gasteiger partial charge on any atom is -0.135 e. The average molecular weight is 818 g/mol. The van der Waals surface area contributed by atoms with E-state index in [0.717, 1.165) is 4.47 Å². The third-order valence-corrected chi connectivity index (χ3v) is 13.5. The first-order chi connectivity index (χ1) is 27.0. The quantitative estimate of drug-likeness (QED) is 0.111. The molecule has 55 heavy (non-hydrogen) atoms. The highest BCUT2D eigenvalue weighted by molar-refractivity contribution is 9.10. The molecule has 0 atom stereocenters. The Morgan fingerprint density at radius 2 is 0.891 bits per heavy atom. The number of aryl methyl sites for hydroxylation is 2. The molecule has 9 aromatic rings. The van der Waals surface area contributed by atoms with Gasteiger partial charge in [0.15, 0.2) is 0 Å². The van der Waals surface area contributed by atoms with Gasteiger partial charge in [0.25, 0.3) is 0 Å². The highest BCUT2D eigenvalue weighted by atomic mass is 79.9. The summed E-state index contributed by atoms with van der Waals surface area (Å²) in [5, 5.41) is 13.4. The molecule has 3 heteroatoms. The molecule has 0 saturated heterocycles. The maximum absolute atomic E-state index is 3.60. The van der Waals surface area contributed by atoms with E-state index in [4.69, 9.17) is 0 Å². The monoisotopic (exact) mass is 816 g/mol. The number of benzene rings is 8. The summed E-state index contributed by atoms with van der Waals surface area (Å²) >= 11 is 7.36. The van der Waals surface area contributed by atoms with Gasteiger partial charge in [-0.2, -0.15) is 0 Å². The summed E-state index contributed by atoms with van der Waals surface area (Å²) in [7, 11) is 0. The van der Waals surface area contributed by atoms with Crippen LogP contribution in [0.2, 0.25) is 0 Å². The van der Waals surface area contributed by atoms with Crippen LogP contribution in [0.15, 0.2) is 154 Å². The topological polar surface area (TPSA) is 0 Å². The van der Waals surface area contributed by atoms with Crippen molar-refractivity contribution in [2.24, 2.45) is 0 Å². The number of thiophene rings is 1. The Labute approximate surface area is 343 Å². The lowest BCUT2D eigenvalue weighted by molar-refractivity contribution is 0.667. The molecule has 1 heterocycles. The molecule has 0 amide bonds. The van der Waals surface area contributed by atoms with Crippen molar-refractivity contribution in [1.82, 2.24) is 0 Å². The number of hydrogen-bond acceptors (Lipinski definition) is 2. The first kappa shape index (κ1) is 37.8. The van der Waals surface area contributed by atoms with E-state index in [2.05, 4.69) is 169 Å². The molecule has 0 fully saturated rings. The molecule has 276 valence electrons. The van der Waals surface area contributed by atoms with Crippen LogP contribution >= 0.6 is 39.0 Å². The minimum absolute atomic E-state index is 1.14. The summed E-state index contributed by atoms with van der Waals surface area (Å²) in [6.45, 7) is 4.54. The molecule has 1 aromatic heterocycles. The second kappa shape index (κ2) is 17.8. The Balaban J connectivity index is 0.000000155. The minimum atomic E-state index is 1.14. The Morgan fingerprint density at radius 1 is 0.418 bits per heavy atom. The van der Waals surface area contributed by atoms with Crippen LogP contribution in [0.25, 0.3) is 63.3 Å².